The molecule has 0 unspecified atom stereocenters. The first-order valence-corrected chi connectivity index (χ1v) is 6.06. The summed E-state index contributed by atoms with van der Waals surface area (Å²) in [4.78, 5) is 2.16. The molecular formula is C8H16N2O3S. The highest BCUT2D eigenvalue weighted by Crippen LogP contribution is 1.96. The molecule has 1 heterocycles. The summed E-state index contributed by atoms with van der Waals surface area (Å²) in [6.07, 6.45) is 0. The van der Waals surface area contributed by atoms with E-state index < -0.39 is 10.1 Å². The summed E-state index contributed by atoms with van der Waals surface area (Å²) in [5.41, 5.74) is 0. The average molecular weight is 220 g/mol. The van der Waals surface area contributed by atoms with Gasteiger partial charge in [0.25, 0.3) is 10.1 Å². The predicted octanol–water partition coefficient (Wildman–Crippen LogP) is -0.618. The van der Waals surface area contributed by atoms with Gasteiger partial charge in [0.1, 0.15) is 0 Å². The van der Waals surface area contributed by atoms with E-state index in [0.717, 1.165) is 31.6 Å². The average Bonchev–Trinajstić information content (AvgIpc) is 2.19. The van der Waals surface area contributed by atoms with Crippen LogP contribution in [0.1, 0.15) is 0 Å². The van der Waals surface area contributed by atoms with Crippen LogP contribution in [-0.4, -0.2) is 52.6 Å². The lowest BCUT2D eigenvalue weighted by Gasteiger charge is -2.26. The number of hydrogen-bond acceptors (Lipinski definition) is 5. The van der Waals surface area contributed by atoms with Crippen LogP contribution in [0.25, 0.3) is 0 Å². The van der Waals surface area contributed by atoms with E-state index in [1.807, 2.05) is 0 Å². The van der Waals surface area contributed by atoms with Crippen LogP contribution < -0.4 is 5.32 Å². The first-order valence-electron chi connectivity index (χ1n) is 4.59. The molecule has 6 heteroatoms. The van der Waals surface area contributed by atoms with Crippen molar-refractivity contribution >= 4 is 10.1 Å². The molecule has 0 saturated carbocycles. The minimum atomic E-state index is -3.50. The van der Waals surface area contributed by atoms with Crippen molar-refractivity contribution in [2.75, 3.05) is 39.3 Å². The molecule has 1 aliphatic heterocycles. The summed E-state index contributed by atoms with van der Waals surface area (Å²) in [5, 5.41) is 4.04. The van der Waals surface area contributed by atoms with Crippen LogP contribution in [0.15, 0.2) is 12.0 Å². The molecule has 0 amide bonds. The summed E-state index contributed by atoms with van der Waals surface area (Å²) in [5.74, 6) is 0. The van der Waals surface area contributed by atoms with Gasteiger partial charge in [0.2, 0.25) is 0 Å². The van der Waals surface area contributed by atoms with Gasteiger partial charge in [-0.2, -0.15) is 8.42 Å². The summed E-state index contributed by atoms with van der Waals surface area (Å²) in [6.45, 7) is 7.80. The molecule has 0 aromatic heterocycles. The van der Waals surface area contributed by atoms with Gasteiger partial charge in [0.15, 0.2) is 0 Å². The van der Waals surface area contributed by atoms with Gasteiger partial charge in [-0.1, -0.05) is 6.58 Å². The van der Waals surface area contributed by atoms with Crippen LogP contribution in [0.4, 0.5) is 0 Å². The third kappa shape index (κ3) is 4.19. The van der Waals surface area contributed by atoms with Crippen LogP contribution in [0, 0.1) is 0 Å². The van der Waals surface area contributed by atoms with Crippen LogP contribution in [0.5, 0.6) is 0 Å². The third-order valence-electron chi connectivity index (χ3n) is 2.07. The first kappa shape index (κ1) is 11.6. The predicted molar refractivity (Wildman–Crippen MR) is 54.4 cm³/mol. The Morgan fingerprint density at radius 2 is 2.07 bits per heavy atom. The van der Waals surface area contributed by atoms with Crippen molar-refractivity contribution in [2.24, 2.45) is 0 Å². The van der Waals surface area contributed by atoms with E-state index in [1.54, 1.807) is 0 Å². The zero-order valence-corrected chi connectivity index (χ0v) is 8.92. The van der Waals surface area contributed by atoms with Crippen LogP contribution in [0.2, 0.25) is 0 Å². The monoisotopic (exact) mass is 220 g/mol. The molecule has 1 fully saturated rings. The van der Waals surface area contributed by atoms with Gasteiger partial charge in [-0.15, -0.1) is 0 Å². The van der Waals surface area contributed by atoms with Gasteiger partial charge >= 0.3 is 0 Å². The summed E-state index contributed by atoms with van der Waals surface area (Å²) in [6, 6.07) is 0. The number of nitrogens with zero attached hydrogens (tertiary/aromatic N) is 1. The number of nitrogens with one attached hydrogen (secondary N) is 1. The van der Waals surface area contributed by atoms with Crippen molar-refractivity contribution in [3.05, 3.63) is 12.0 Å². The Morgan fingerprint density at radius 3 is 2.64 bits per heavy atom. The molecule has 1 N–H and O–H groups in total. The molecule has 0 atom stereocenters. The molecule has 0 aromatic carbocycles. The van der Waals surface area contributed by atoms with Gasteiger partial charge in [-0.05, 0) is 0 Å². The van der Waals surface area contributed by atoms with Crippen LogP contribution in [0.3, 0.4) is 0 Å². The molecule has 1 aliphatic rings. The quantitative estimate of drug-likeness (QED) is 0.626. The van der Waals surface area contributed by atoms with Crippen molar-refractivity contribution < 1.29 is 12.6 Å². The minimum Gasteiger partial charge on any atom is -0.314 e. The molecule has 1 saturated heterocycles. The van der Waals surface area contributed by atoms with Crippen LogP contribution in [-0.2, 0) is 14.3 Å². The fourth-order valence-corrected chi connectivity index (χ4v) is 1.67. The lowest BCUT2D eigenvalue weighted by atomic mass is 10.4. The van der Waals surface area contributed by atoms with E-state index in [-0.39, 0.29) is 6.61 Å². The summed E-state index contributed by atoms with van der Waals surface area (Å²) in [7, 11) is -3.50. The molecule has 0 radical (unpaired) electrons. The largest absolute Gasteiger partial charge is 0.314 e. The molecule has 1 rings (SSSR count). The fourth-order valence-electron chi connectivity index (χ4n) is 1.27. The number of piperazine rings is 1. The lowest BCUT2D eigenvalue weighted by Crippen LogP contribution is -2.44. The topological polar surface area (TPSA) is 58.6 Å². The van der Waals surface area contributed by atoms with Crippen molar-refractivity contribution in [1.29, 1.82) is 0 Å². The highest BCUT2D eigenvalue weighted by molar-refractivity contribution is 7.89. The van der Waals surface area contributed by atoms with Crippen molar-refractivity contribution in [2.45, 2.75) is 0 Å². The third-order valence-corrected chi connectivity index (χ3v) is 2.97. The maximum Gasteiger partial charge on any atom is 0.289 e. The van der Waals surface area contributed by atoms with Crippen molar-refractivity contribution in [3.63, 3.8) is 0 Å². The van der Waals surface area contributed by atoms with Gasteiger partial charge in [0.05, 0.1) is 12.0 Å². The summed E-state index contributed by atoms with van der Waals surface area (Å²) < 4.78 is 26.4. The van der Waals surface area contributed by atoms with Crippen molar-refractivity contribution in [1.82, 2.24) is 10.2 Å². The Labute approximate surface area is 84.9 Å². The zero-order valence-electron chi connectivity index (χ0n) is 8.11. The molecule has 0 bridgehead atoms. The Balaban J connectivity index is 2.17. The van der Waals surface area contributed by atoms with E-state index in [1.165, 1.54) is 0 Å². The maximum atomic E-state index is 10.9. The number of rotatable bonds is 5. The molecule has 5 nitrogen and oxygen atoms in total. The minimum absolute atomic E-state index is 0.203. The molecule has 82 valence electrons. The van der Waals surface area contributed by atoms with Gasteiger partial charge in [-0.3, -0.25) is 9.08 Å². The highest BCUT2D eigenvalue weighted by atomic mass is 32.2. The Bertz CT molecular complexity index is 270. The Morgan fingerprint density at radius 1 is 1.43 bits per heavy atom. The maximum absolute atomic E-state index is 10.9. The standard InChI is InChI=1S/C8H16N2O3S/c1-2-14(11,12)13-8-7-10-5-3-9-4-6-10/h2,9H,1,3-8H2. The van der Waals surface area contributed by atoms with Gasteiger partial charge < -0.3 is 5.32 Å². The molecule has 0 aliphatic carbocycles. The number of hydrogen-bond donors (Lipinski definition) is 1. The molecule has 14 heavy (non-hydrogen) atoms. The first-order chi connectivity index (χ1) is 6.64. The van der Waals surface area contributed by atoms with E-state index in [2.05, 4.69) is 21.0 Å². The second-order valence-electron chi connectivity index (χ2n) is 3.07. The van der Waals surface area contributed by atoms with Crippen LogP contribution >= 0.6 is 0 Å². The van der Waals surface area contributed by atoms with E-state index >= 15 is 0 Å². The highest BCUT2D eigenvalue weighted by Gasteiger charge is 2.10. The van der Waals surface area contributed by atoms with Gasteiger partial charge in [0, 0.05) is 32.7 Å². The Hall–Kier alpha value is -0.430. The molecule has 0 spiro atoms. The van der Waals surface area contributed by atoms with E-state index in [9.17, 15) is 8.42 Å². The fraction of sp³-hybridized carbons (Fsp3) is 0.750. The van der Waals surface area contributed by atoms with Crippen molar-refractivity contribution in [3.8, 4) is 0 Å². The molecule has 0 aromatic rings. The molecular weight excluding hydrogens is 204 g/mol. The Kier molecular flexibility index (Phi) is 4.53. The van der Waals surface area contributed by atoms with E-state index in [4.69, 9.17) is 0 Å². The van der Waals surface area contributed by atoms with Gasteiger partial charge in [-0.25, -0.2) is 0 Å². The second-order valence-corrected chi connectivity index (χ2v) is 4.63. The lowest BCUT2D eigenvalue weighted by molar-refractivity contribution is 0.195. The SMILES string of the molecule is C=CS(=O)(=O)OCCN1CCNCC1. The second kappa shape index (κ2) is 5.45. The van der Waals surface area contributed by atoms with E-state index in [0.29, 0.717) is 6.54 Å². The zero-order chi connectivity index (χ0) is 10.4. The normalized spacial score (nSPS) is 19.4. The smallest absolute Gasteiger partial charge is 0.289 e. The summed E-state index contributed by atoms with van der Waals surface area (Å²) >= 11 is 0.